The van der Waals surface area contributed by atoms with Gasteiger partial charge in [-0.1, -0.05) is 195 Å². The Morgan fingerprint density at radius 1 is 0.413 bits per heavy atom. The highest BCUT2D eigenvalue weighted by Gasteiger charge is 2.68. The molecule has 3 aromatic carbocycles. The van der Waals surface area contributed by atoms with E-state index in [4.69, 9.17) is 0 Å². The molecule has 0 bridgehead atoms. The minimum absolute atomic E-state index is 0.0168. The predicted molar refractivity (Wildman–Crippen MR) is 215 cm³/mol. The number of halogens is 1. The Morgan fingerprint density at radius 3 is 0.891 bits per heavy atom. The van der Waals surface area contributed by atoms with Gasteiger partial charge in [0.05, 0.1) is 0 Å². The van der Waals surface area contributed by atoms with E-state index in [1.165, 1.54) is 16.7 Å². The van der Waals surface area contributed by atoms with Gasteiger partial charge in [-0.2, -0.15) is 0 Å². The van der Waals surface area contributed by atoms with Gasteiger partial charge in [-0.3, -0.25) is 0 Å². The molecule has 0 N–H and O–H groups in total. The molecule has 0 aliphatic carbocycles. The summed E-state index contributed by atoms with van der Waals surface area (Å²) in [6, 6.07) is 21.8. The molecule has 4 rings (SSSR count). The molecule has 0 aromatic heterocycles. The minimum Gasteiger partial charge on any atom is -0.0684 e. The third kappa shape index (κ3) is 7.15. The van der Waals surface area contributed by atoms with Crippen LogP contribution >= 0.6 is 31.2 Å². The molecule has 0 saturated carbocycles. The van der Waals surface area contributed by atoms with Gasteiger partial charge in [0, 0.05) is 0 Å². The smallest absolute Gasteiger partial charge is 0.0684 e. The molecule has 2 unspecified atom stereocenters. The number of benzene rings is 3. The first-order valence-corrected chi connectivity index (χ1v) is 21.4. The summed E-state index contributed by atoms with van der Waals surface area (Å²) in [6.45, 7) is 43.4. The lowest BCUT2D eigenvalue weighted by molar-refractivity contribution is 0.553. The molecular formula is C43H63BrP2. The van der Waals surface area contributed by atoms with Crippen molar-refractivity contribution >= 4 is 41.8 Å². The van der Waals surface area contributed by atoms with Crippen LogP contribution in [-0.4, -0.2) is 0 Å². The van der Waals surface area contributed by atoms with Crippen LogP contribution in [-0.2, 0) is 36.3 Å². The molecule has 252 valence electrons. The molecular weight excluding hydrogens is 658 g/mol. The van der Waals surface area contributed by atoms with Crippen molar-refractivity contribution in [2.75, 3.05) is 0 Å². The number of hydrogen-bond acceptors (Lipinski definition) is 0. The lowest BCUT2D eigenvalue weighted by atomic mass is 9.75. The maximum atomic E-state index is 4.68. The third-order valence-electron chi connectivity index (χ3n) is 9.47. The van der Waals surface area contributed by atoms with E-state index in [1.54, 1.807) is 32.9 Å². The largest absolute Gasteiger partial charge is 0.106 e. The second kappa shape index (κ2) is 11.8. The highest BCUT2D eigenvalue weighted by molar-refractivity contribution is 9.15. The molecule has 0 nitrogen and oxygen atoms in total. The summed E-state index contributed by atoms with van der Waals surface area (Å²) in [4.78, 5) is 0. The average molecular weight is 722 g/mol. The van der Waals surface area contributed by atoms with Crippen LogP contribution in [0.3, 0.4) is 0 Å². The highest BCUT2D eigenvalue weighted by Crippen LogP contribution is 3.07. The monoisotopic (exact) mass is 720 g/mol. The molecule has 0 radical (unpaired) electrons. The highest BCUT2D eigenvalue weighted by atomic mass is 79.9. The van der Waals surface area contributed by atoms with Gasteiger partial charge in [0.2, 0.25) is 0 Å². The topological polar surface area (TPSA) is 0 Å². The molecule has 3 heteroatoms. The molecule has 1 saturated heterocycles. The maximum absolute atomic E-state index is 4.68. The van der Waals surface area contributed by atoms with Crippen molar-refractivity contribution in [3.63, 3.8) is 0 Å². The van der Waals surface area contributed by atoms with Crippen LogP contribution in [0.5, 0.6) is 0 Å². The Labute approximate surface area is 294 Å². The summed E-state index contributed by atoms with van der Waals surface area (Å²) in [5, 5.41) is 3.30. The Bertz CT molecular complexity index is 1420. The lowest BCUT2D eigenvalue weighted by Gasteiger charge is -2.35. The van der Waals surface area contributed by atoms with Crippen LogP contribution in [0.2, 0.25) is 0 Å². The van der Waals surface area contributed by atoms with E-state index in [9.17, 15) is 0 Å². The minimum atomic E-state index is -0.608. The zero-order chi connectivity index (χ0) is 35.2. The van der Waals surface area contributed by atoms with Crippen LogP contribution in [0.15, 0.2) is 54.6 Å². The molecule has 0 spiro atoms. The van der Waals surface area contributed by atoms with Crippen molar-refractivity contribution < 1.29 is 0 Å². The molecule has 1 aliphatic rings. The summed E-state index contributed by atoms with van der Waals surface area (Å²) in [5.41, 5.74) is 10.7. The van der Waals surface area contributed by atoms with Crippen molar-refractivity contribution in [1.82, 2.24) is 0 Å². The van der Waals surface area contributed by atoms with Crippen molar-refractivity contribution in [2.24, 2.45) is 0 Å². The zero-order valence-electron chi connectivity index (χ0n) is 32.5. The summed E-state index contributed by atoms with van der Waals surface area (Å²) >= 11 is 4.68. The first kappa shape index (κ1) is 37.8. The molecule has 46 heavy (non-hydrogen) atoms. The van der Waals surface area contributed by atoms with Gasteiger partial charge < -0.3 is 0 Å². The second-order valence-corrected chi connectivity index (χ2v) is 28.6. The van der Waals surface area contributed by atoms with Gasteiger partial charge in [0.15, 0.2) is 0 Å². The summed E-state index contributed by atoms with van der Waals surface area (Å²) in [7, 11) is -1.22. The van der Waals surface area contributed by atoms with E-state index in [0.29, 0.717) is 0 Å². The van der Waals surface area contributed by atoms with Crippen LogP contribution in [0.25, 0.3) is 0 Å². The van der Waals surface area contributed by atoms with Crippen molar-refractivity contribution in [2.45, 2.75) is 161 Å². The summed E-state index contributed by atoms with van der Waals surface area (Å²) in [6.07, 6.45) is 0. The van der Waals surface area contributed by atoms with Crippen molar-refractivity contribution in [3.8, 4) is 0 Å². The van der Waals surface area contributed by atoms with Crippen LogP contribution in [0.1, 0.15) is 164 Å². The number of rotatable bonds is 3. The standard InChI is InChI=1S/C43H63BrP2/c1-37(2,3)29-24-31(39(7,8)9)35(32(25-29)40(10,11)12)45-43(44,28-22-20-19-21-23-28)46(45)36-33(41(13,14)15)26-30(38(4,5)6)27-34(36)42(16,17)18/h19-27H,1-18H3. The van der Waals surface area contributed by atoms with E-state index in [1.807, 2.05) is 0 Å². The Morgan fingerprint density at radius 2 is 0.674 bits per heavy atom. The molecule has 1 aliphatic heterocycles. The van der Waals surface area contributed by atoms with Gasteiger partial charge in [-0.25, -0.2) is 0 Å². The summed E-state index contributed by atoms with van der Waals surface area (Å²) in [5.74, 6) is 0. The van der Waals surface area contributed by atoms with Gasteiger partial charge in [0.25, 0.3) is 0 Å². The molecule has 3 aromatic rings. The average Bonchev–Trinajstić information content (AvgIpc) is 3.50. The second-order valence-electron chi connectivity index (χ2n) is 19.9. The fourth-order valence-corrected chi connectivity index (χ4v) is 20.4. The lowest BCUT2D eigenvalue weighted by Crippen LogP contribution is -2.31. The SMILES string of the molecule is CC(C)(C)c1cc(C(C)(C)C)c(P2P(c3c(C(C)(C)C)cc(C(C)(C)C)cc3C(C)(C)C)C2(Br)c2ccccc2)c(C(C)(C)C)c1. The molecule has 2 atom stereocenters. The zero-order valence-corrected chi connectivity index (χ0v) is 35.8. The molecule has 1 fully saturated rings. The van der Waals surface area contributed by atoms with Crippen LogP contribution in [0, 0.1) is 0 Å². The van der Waals surface area contributed by atoms with E-state index in [0.717, 1.165) is 0 Å². The fraction of sp³-hybridized carbons (Fsp3) is 0.581. The molecule has 1 heterocycles. The quantitative estimate of drug-likeness (QED) is 0.187. The predicted octanol–water partition coefficient (Wildman–Crippen LogP) is 13.5. The number of alkyl halides is 1. The van der Waals surface area contributed by atoms with E-state index < -0.39 is 15.2 Å². The van der Waals surface area contributed by atoms with Gasteiger partial charge in [-0.15, -0.1) is 0 Å². The maximum Gasteiger partial charge on any atom is 0.106 e. The van der Waals surface area contributed by atoms with Crippen molar-refractivity contribution in [3.05, 3.63) is 93.5 Å². The van der Waals surface area contributed by atoms with Gasteiger partial charge in [0.1, 0.15) is 3.81 Å². The molecule has 0 amide bonds. The van der Waals surface area contributed by atoms with Crippen LogP contribution < -0.4 is 10.6 Å². The van der Waals surface area contributed by atoms with Crippen LogP contribution in [0.4, 0.5) is 0 Å². The number of hydrogen-bond donors (Lipinski definition) is 0. The van der Waals surface area contributed by atoms with Gasteiger partial charge >= 0.3 is 0 Å². The Hall–Kier alpha value is -1.00. The van der Waals surface area contributed by atoms with E-state index in [2.05, 4.69) is 195 Å². The summed E-state index contributed by atoms with van der Waals surface area (Å²) < 4.78 is -0.0918. The normalized spacial score (nSPS) is 21.5. The first-order chi connectivity index (χ1) is 20.5. The van der Waals surface area contributed by atoms with Gasteiger partial charge in [-0.05, 0) is 97.3 Å². The van der Waals surface area contributed by atoms with E-state index >= 15 is 0 Å². The third-order valence-corrected chi connectivity index (χ3v) is 22.0. The Balaban J connectivity index is 2.24. The first-order valence-electron chi connectivity index (χ1n) is 17.3. The Kier molecular flexibility index (Phi) is 9.71. The fourth-order valence-electron chi connectivity index (χ4n) is 6.47. The van der Waals surface area contributed by atoms with Crippen molar-refractivity contribution in [1.29, 1.82) is 0 Å². The van der Waals surface area contributed by atoms with E-state index in [-0.39, 0.29) is 36.3 Å².